The number of hydrogen-bond acceptors (Lipinski definition) is 8. The van der Waals surface area contributed by atoms with Crippen LogP contribution in [0.1, 0.15) is 85.8 Å². The number of methoxy groups -OCH3 is 1. The molecule has 0 radical (unpaired) electrons. The monoisotopic (exact) mass is 707 g/mol. The van der Waals surface area contributed by atoms with Gasteiger partial charge >= 0.3 is 5.97 Å². The Morgan fingerprint density at radius 1 is 1.06 bits per heavy atom. The molecule has 0 aromatic heterocycles. The van der Waals surface area contributed by atoms with E-state index in [2.05, 4.69) is 26.1 Å². The maximum absolute atomic E-state index is 15.1. The number of aliphatic hydroxyl groups excluding tert-OH is 1. The zero-order valence-electron chi connectivity index (χ0n) is 31.5. The molecule has 4 heterocycles. The number of allylic oxidation sites excluding steroid dienone is 1. The van der Waals surface area contributed by atoms with Gasteiger partial charge in [0, 0.05) is 25.6 Å². The molecule has 9 atom stereocenters. The molecule has 0 bridgehead atoms. The van der Waals surface area contributed by atoms with Crippen LogP contribution in [0.5, 0.6) is 0 Å². The van der Waals surface area contributed by atoms with Crippen LogP contribution in [0.4, 0.5) is 0 Å². The molecule has 2 fully saturated rings. The summed E-state index contributed by atoms with van der Waals surface area (Å²) in [4.78, 5) is 61.3. The fraction of sp³-hybridized carbons (Fsp3) is 0.650. The highest BCUT2D eigenvalue weighted by molar-refractivity contribution is 5.99. The summed E-state index contributed by atoms with van der Waals surface area (Å²) in [5.74, 6) is -3.97. The Labute approximate surface area is 302 Å². The minimum absolute atomic E-state index is 0.0751. The van der Waals surface area contributed by atoms with Crippen molar-refractivity contribution in [3.63, 3.8) is 0 Å². The van der Waals surface area contributed by atoms with E-state index in [1.165, 1.54) is 12.0 Å². The normalized spacial score (nSPS) is 32.1. The minimum atomic E-state index is -1.51. The van der Waals surface area contributed by atoms with Crippen LogP contribution in [0.15, 0.2) is 54.6 Å². The number of fused-ring (bicyclic) bond motifs is 2. The average molecular weight is 708 g/mol. The summed E-state index contributed by atoms with van der Waals surface area (Å²) in [6.07, 6.45) is 7.27. The highest BCUT2D eigenvalue weighted by Gasteiger charge is 2.73. The third-order valence-electron chi connectivity index (χ3n) is 11.0. The van der Waals surface area contributed by atoms with Crippen LogP contribution in [0, 0.1) is 23.2 Å². The van der Waals surface area contributed by atoms with E-state index >= 15 is 9.59 Å². The zero-order valence-corrected chi connectivity index (χ0v) is 31.5. The zero-order chi connectivity index (χ0) is 37.3. The molecular weight excluding hydrogens is 650 g/mol. The molecule has 0 saturated carbocycles. The van der Waals surface area contributed by atoms with Crippen LogP contribution in [0.3, 0.4) is 0 Å². The Morgan fingerprint density at radius 2 is 1.76 bits per heavy atom. The van der Waals surface area contributed by atoms with Gasteiger partial charge in [0.15, 0.2) is 0 Å². The molecule has 4 aliphatic rings. The molecule has 2 saturated heterocycles. The first-order chi connectivity index (χ1) is 24.1. The minimum Gasteiger partial charge on any atom is -0.455 e. The fourth-order valence-corrected chi connectivity index (χ4v) is 8.94. The van der Waals surface area contributed by atoms with E-state index < -0.39 is 65.2 Å². The number of esters is 1. The summed E-state index contributed by atoms with van der Waals surface area (Å²) in [6, 6.07) is 6.62. The second-order valence-corrected chi connectivity index (χ2v) is 16.5. The lowest BCUT2D eigenvalue weighted by Gasteiger charge is -2.46. The smallest absolute Gasteiger partial charge is 0.313 e. The quantitative estimate of drug-likeness (QED) is 0.286. The van der Waals surface area contributed by atoms with Gasteiger partial charge < -0.3 is 34.4 Å². The van der Waals surface area contributed by atoms with Crippen LogP contribution in [-0.4, -0.2) is 101 Å². The summed E-state index contributed by atoms with van der Waals surface area (Å²) in [5, 5.41) is 13.8. The van der Waals surface area contributed by atoms with Crippen LogP contribution in [-0.2, 0) is 33.4 Å². The number of benzene rings is 1. The van der Waals surface area contributed by atoms with Crippen molar-refractivity contribution in [2.24, 2.45) is 23.2 Å². The number of nitrogens with one attached hydrogen (secondary N) is 1. The Hall–Kier alpha value is -3.54. The number of carbonyl (C=O) groups excluding carboxylic acids is 4. The van der Waals surface area contributed by atoms with Gasteiger partial charge in [0.05, 0.1) is 37.3 Å². The van der Waals surface area contributed by atoms with Crippen molar-refractivity contribution in [3.8, 4) is 0 Å². The molecule has 3 amide bonds. The number of likely N-dealkylation sites (tertiary alicyclic amines) is 1. The molecule has 0 aliphatic carbocycles. The molecule has 280 valence electrons. The summed E-state index contributed by atoms with van der Waals surface area (Å²) in [5.41, 5.74) is -1.54. The Bertz CT molecular complexity index is 1500. The van der Waals surface area contributed by atoms with E-state index in [0.29, 0.717) is 31.4 Å². The van der Waals surface area contributed by atoms with Gasteiger partial charge in [0.2, 0.25) is 17.7 Å². The van der Waals surface area contributed by atoms with E-state index in [4.69, 9.17) is 14.2 Å². The van der Waals surface area contributed by atoms with Gasteiger partial charge in [-0.05, 0) is 43.6 Å². The van der Waals surface area contributed by atoms with E-state index in [9.17, 15) is 14.7 Å². The first-order valence-electron chi connectivity index (χ1n) is 18.4. The van der Waals surface area contributed by atoms with Gasteiger partial charge in [0.1, 0.15) is 23.7 Å². The number of aliphatic hydroxyl groups is 1. The SMILES string of the molecule is CC[C@H](C)[C@H](CO)N1C(=O)[C@@H]2[C@H]3C(=O)O[C@H](c4ccccc4)[C@@H](COC)NC(=O)CC/C=C\[C@H]3O[C@@]23C=CCN(C(C)(C)CC(C)(C)C)C(=O)[C@@H]13. The predicted molar refractivity (Wildman–Crippen MR) is 192 cm³/mol. The van der Waals surface area contributed by atoms with Gasteiger partial charge in [-0.15, -0.1) is 0 Å². The summed E-state index contributed by atoms with van der Waals surface area (Å²) in [6.45, 7) is 14.4. The summed E-state index contributed by atoms with van der Waals surface area (Å²) in [7, 11) is 1.52. The predicted octanol–water partition coefficient (Wildman–Crippen LogP) is 4.35. The highest BCUT2D eigenvalue weighted by Crippen LogP contribution is 2.55. The lowest BCUT2D eigenvalue weighted by molar-refractivity contribution is -0.164. The van der Waals surface area contributed by atoms with E-state index in [1.54, 1.807) is 12.2 Å². The first kappa shape index (κ1) is 38.7. The van der Waals surface area contributed by atoms with E-state index in [0.717, 1.165) is 0 Å². The molecule has 11 heteroatoms. The Balaban J connectivity index is 1.66. The first-order valence-corrected chi connectivity index (χ1v) is 18.4. The van der Waals surface area contributed by atoms with E-state index in [-0.39, 0.29) is 42.8 Å². The van der Waals surface area contributed by atoms with Crippen LogP contribution in [0.25, 0.3) is 0 Å². The summed E-state index contributed by atoms with van der Waals surface area (Å²) < 4.78 is 18.8. The van der Waals surface area contributed by atoms with Crippen LogP contribution in [0.2, 0.25) is 0 Å². The molecule has 1 aromatic carbocycles. The van der Waals surface area contributed by atoms with Crippen molar-refractivity contribution in [1.29, 1.82) is 0 Å². The van der Waals surface area contributed by atoms with Crippen LogP contribution >= 0.6 is 0 Å². The van der Waals surface area contributed by atoms with Gasteiger partial charge in [-0.3, -0.25) is 19.2 Å². The van der Waals surface area contributed by atoms with Gasteiger partial charge in [-0.1, -0.05) is 95.7 Å². The van der Waals surface area contributed by atoms with Gasteiger partial charge in [-0.25, -0.2) is 0 Å². The number of amides is 3. The van der Waals surface area contributed by atoms with Crippen LogP contribution < -0.4 is 5.32 Å². The highest BCUT2D eigenvalue weighted by atomic mass is 16.6. The van der Waals surface area contributed by atoms with Crippen molar-refractivity contribution in [3.05, 3.63) is 60.2 Å². The molecule has 1 aromatic rings. The van der Waals surface area contributed by atoms with Crippen molar-refractivity contribution in [2.45, 2.75) is 116 Å². The van der Waals surface area contributed by atoms with Gasteiger partial charge in [0.25, 0.3) is 0 Å². The molecule has 4 aliphatic heterocycles. The van der Waals surface area contributed by atoms with Crippen molar-refractivity contribution >= 4 is 23.7 Å². The lowest BCUT2D eigenvalue weighted by Crippen LogP contribution is -2.62. The van der Waals surface area contributed by atoms with Crippen molar-refractivity contribution < 1.29 is 38.5 Å². The molecule has 1 spiro atoms. The lowest BCUT2D eigenvalue weighted by atomic mass is 9.77. The Kier molecular flexibility index (Phi) is 11.5. The fourth-order valence-electron chi connectivity index (χ4n) is 8.94. The molecule has 51 heavy (non-hydrogen) atoms. The number of cyclic esters (lactones) is 1. The summed E-state index contributed by atoms with van der Waals surface area (Å²) >= 11 is 0. The number of rotatable bonds is 9. The second kappa shape index (κ2) is 15.2. The number of nitrogens with zero attached hydrogens (tertiary/aromatic N) is 2. The largest absolute Gasteiger partial charge is 0.455 e. The maximum Gasteiger partial charge on any atom is 0.313 e. The molecule has 5 rings (SSSR count). The molecule has 11 nitrogen and oxygen atoms in total. The Morgan fingerprint density at radius 3 is 2.39 bits per heavy atom. The number of ether oxygens (including phenoxy) is 3. The molecule has 0 unspecified atom stereocenters. The molecular formula is C40H57N3O8. The number of hydrogen-bond donors (Lipinski definition) is 2. The average Bonchev–Trinajstić information content (AvgIpc) is 3.44. The third-order valence-corrected chi connectivity index (χ3v) is 11.0. The topological polar surface area (TPSA) is 135 Å². The third kappa shape index (κ3) is 7.53. The number of carbonyl (C=O) groups is 4. The van der Waals surface area contributed by atoms with Crippen molar-refractivity contribution in [1.82, 2.24) is 15.1 Å². The maximum atomic E-state index is 15.1. The van der Waals surface area contributed by atoms with Crippen molar-refractivity contribution in [2.75, 3.05) is 26.9 Å². The standard InChI is InChI=1S/C40H57N3O8/c1-9-25(2)28(22-44)43-34-36(47)42(39(6,7)24-38(3,4)5)21-15-20-40(34)32(35(43)46)31-29(51-40)18-13-14-19-30(45)41-27(23-49-8)33(50-37(31)48)26-16-11-10-12-17-26/h10-13,15-18,20,25,27-29,31-34,44H,9,14,19,21-24H2,1-8H3,(H,41,45)/b18-13-/t25-,27+,28-,29+,31-,32-,33+,34+,40-/m0/s1. The van der Waals surface area contributed by atoms with E-state index in [1.807, 2.05) is 75.1 Å². The van der Waals surface area contributed by atoms with Gasteiger partial charge in [-0.2, -0.15) is 0 Å². The molecule has 2 N–H and O–H groups in total. The second-order valence-electron chi connectivity index (χ2n) is 16.5.